The van der Waals surface area contributed by atoms with E-state index in [0.717, 1.165) is 30.7 Å². The highest BCUT2D eigenvalue weighted by atomic mass is 16.3. The molecular formula is C23H27N3O2. The molecule has 1 aliphatic rings. The third-order valence-electron chi connectivity index (χ3n) is 5.31. The molecule has 0 radical (unpaired) electrons. The molecule has 28 heavy (non-hydrogen) atoms. The molecule has 2 aromatic carbocycles. The number of carbonyl (C=O) groups excluding carboxylic acids is 1. The predicted octanol–water partition coefficient (Wildman–Crippen LogP) is 4.02. The average Bonchev–Trinajstić information content (AvgIpc) is 2.92. The number of nitrogens with zero attached hydrogens (tertiary/aromatic N) is 2. The predicted molar refractivity (Wildman–Crippen MR) is 110 cm³/mol. The molecule has 0 bridgehead atoms. The summed E-state index contributed by atoms with van der Waals surface area (Å²) in [6, 6.07) is 15.6. The Labute approximate surface area is 165 Å². The number of rotatable bonds is 6. The van der Waals surface area contributed by atoms with Gasteiger partial charge in [0.05, 0.1) is 0 Å². The number of hydrogen-bond donors (Lipinski definition) is 1. The molecule has 0 spiro atoms. The van der Waals surface area contributed by atoms with Gasteiger partial charge in [-0.2, -0.15) is 0 Å². The zero-order chi connectivity index (χ0) is 19.2. The van der Waals surface area contributed by atoms with Gasteiger partial charge in [0.15, 0.2) is 11.5 Å². The molecule has 146 valence electrons. The van der Waals surface area contributed by atoms with Crippen molar-refractivity contribution in [3.63, 3.8) is 0 Å². The first kappa shape index (κ1) is 18.7. The lowest BCUT2D eigenvalue weighted by Crippen LogP contribution is -2.35. The van der Waals surface area contributed by atoms with Crippen molar-refractivity contribution < 1.29 is 9.21 Å². The summed E-state index contributed by atoms with van der Waals surface area (Å²) in [6.07, 6.45) is 5.83. The average molecular weight is 377 g/mol. The Hall–Kier alpha value is -2.66. The van der Waals surface area contributed by atoms with Crippen molar-refractivity contribution in [1.29, 1.82) is 0 Å². The van der Waals surface area contributed by atoms with Gasteiger partial charge in [-0.05, 0) is 49.7 Å². The Balaban J connectivity index is 1.36. The van der Waals surface area contributed by atoms with Gasteiger partial charge < -0.3 is 14.6 Å². The van der Waals surface area contributed by atoms with Crippen molar-refractivity contribution in [3.05, 3.63) is 65.5 Å². The Kier molecular flexibility index (Phi) is 6.02. The Morgan fingerprint density at radius 1 is 1.04 bits per heavy atom. The molecule has 4 rings (SSSR count). The Morgan fingerprint density at radius 3 is 2.61 bits per heavy atom. The van der Waals surface area contributed by atoms with E-state index in [1.807, 2.05) is 30.3 Å². The lowest BCUT2D eigenvalue weighted by molar-refractivity contribution is 0.0948. The number of hydrogen-bond acceptors (Lipinski definition) is 4. The van der Waals surface area contributed by atoms with Crippen LogP contribution in [-0.2, 0) is 6.42 Å². The quantitative estimate of drug-likeness (QED) is 0.705. The van der Waals surface area contributed by atoms with Crippen LogP contribution in [0.1, 0.15) is 47.5 Å². The summed E-state index contributed by atoms with van der Waals surface area (Å²) < 4.78 is 5.88. The third-order valence-corrected chi connectivity index (χ3v) is 5.31. The van der Waals surface area contributed by atoms with Crippen LogP contribution in [-0.4, -0.2) is 42.0 Å². The molecule has 0 saturated carbocycles. The van der Waals surface area contributed by atoms with E-state index in [2.05, 4.69) is 27.3 Å². The highest BCUT2D eigenvalue weighted by Gasteiger charge is 2.12. The molecule has 5 nitrogen and oxygen atoms in total. The number of carbonyl (C=O) groups is 1. The van der Waals surface area contributed by atoms with Gasteiger partial charge in [-0.1, -0.05) is 43.2 Å². The number of amides is 1. The van der Waals surface area contributed by atoms with Gasteiger partial charge in [0, 0.05) is 25.1 Å². The summed E-state index contributed by atoms with van der Waals surface area (Å²) in [7, 11) is 0. The third kappa shape index (κ3) is 4.78. The minimum Gasteiger partial charge on any atom is -0.440 e. The fourth-order valence-corrected chi connectivity index (χ4v) is 3.75. The largest absolute Gasteiger partial charge is 0.440 e. The maximum Gasteiger partial charge on any atom is 0.251 e. The fraction of sp³-hybridized carbons (Fsp3) is 0.391. The molecule has 1 saturated heterocycles. The minimum atomic E-state index is -0.0577. The van der Waals surface area contributed by atoms with Crippen molar-refractivity contribution in [1.82, 2.24) is 15.2 Å². The molecule has 3 aromatic rings. The molecule has 1 amide bonds. The van der Waals surface area contributed by atoms with Crippen LogP contribution in [0.15, 0.2) is 52.9 Å². The highest BCUT2D eigenvalue weighted by molar-refractivity contribution is 5.97. The second-order valence-corrected chi connectivity index (χ2v) is 7.46. The Bertz CT molecular complexity index is 912. The van der Waals surface area contributed by atoms with Crippen molar-refractivity contribution in [2.45, 2.75) is 32.1 Å². The SMILES string of the molecule is O=C(NCCN1CCCCCC1)c1ccc2nc(Cc3ccccc3)oc2c1. The maximum atomic E-state index is 12.5. The maximum absolute atomic E-state index is 12.5. The van der Waals surface area contributed by atoms with Gasteiger partial charge in [0.1, 0.15) is 5.52 Å². The van der Waals surface area contributed by atoms with Gasteiger partial charge in [0.2, 0.25) is 0 Å². The molecule has 0 aliphatic carbocycles. The number of likely N-dealkylation sites (tertiary alicyclic amines) is 1. The molecule has 2 heterocycles. The lowest BCUT2D eigenvalue weighted by atomic mass is 10.1. The lowest BCUT2D eigenvalue weighted by Gasteiger charge is -2.19. The summed E-state index contributed by atoms with van der Waals surface area (Å²) in [5.41, 5.74) is 3.21. The summed E-state index contributed by atoms with van der Waals surface area (Å²) in [4.78, 5) is 19.5. The van der Waals surface area contributed by atoms with Gasteiger partial charge >= 0.3 is 0 Å². The van der Waals surface area contributed by atoms with E-state index in [0.29, 0.717) is 30.0 Å². The number of nitrogens with one attached hydrogen (secondary N) is 1. The molecular weight excluding hydrogens is 350 g/mol. The van der Waals surface area contributed by atoms with Crippen LogP contribution in [0.25, 0.3) is 11.1 Å². The highest BCUT2D eigenvalue weighted by Crippen LogP contribution is 2.19. The number of aromatic nitrogens is 1. The monoisotopic (exact) mass is 377 g/mol. The second-order valence-electron chi connectivity index (χ2n) is 7.46. The van der Waals surface area contributed by atoms with Crippen LogP contribution in [0.3, 0.4) is 0 Å². The molecule has 0 atom stereocenters. The van der Waals surface area contributed by atoms with E-state index in [4.69, 9.17) is 4.42 Å². The minimum absolute atomic E-state index is 0.0577. The van der Waals surface area contributed by atoms with E-state index in [-0.39, 0.29) is 5.91 Å². The second kappa shape index (κ2) is 9.02. The summed E-state index contributed by atoms with van der Waals surface area (Å²) in [6.45, 7) is 3.87. The van der Waals surface area contributed by atoms with Crippen LogP contribution >= 0.6 is 0 Å². The van der Waals surface area contributed by atoms with Crippen molar-refractivity contribution >= 4 is 17.0 Å². The van der Waals surface area contributed by atoms with Crippen molar-refractivity contribution in [2.24, 2.45) is 0 Å². The fourth-order valence-electron chi connectivity index (χ4n) is 3.75. The first-order valence-corrected chi connectivity index (χ1v) is 10.2. The van der Waals surface area contributed by atoms with Crippen molar-refractivity contribution in [2.75, 3.05) is 26.2 Å². The molecule has 1 aliphatic heterocycles. The van der Waals surface area contributed by atoms with Crippen LogP contribution in [0.5, 0.6) is 0 Å². The van der Waals surface area contributed by atoms with Crippen molar-refractivity contribution in [3.8, 4) is 0 Å². The standard InChI is InChI=1S/C23H27N3O2/c27-23(24-12-15-26-13-6-1-2-7-14-26)19-10-11-20-21(17-19)28-22(25-20)16-18-8-4-3-5-9-18/h3-5,8-11,17H,1-2,6-7,12-16H2,(H,24,27). The zero-order valence-corrected chi connectivity index (χ0v) is 16.2. The van der Waals surface area contributed by atoms with Crippen LogP contribution in [0, 0.1) is 0 Å². The number of oxazole rings is 1. The smallest absolute Gasteiger partial charge is 0.251 e. The van der Waals surface area contributed by atoms with E-state index in [1.165, 1.54) is 25.7 Å². The zero-order valence-electron chi connectivity index (χ0n) is 16.2. The van der Waals surface area contributed by atoms with E-state index in [9.17, 15) is 4.79 Å². The normalized spacial score (nSPS) is 15.4. The van der Waals surface area contributed by atoms with Gasteiger partial charge in [-0.25, -0.2) is 4.98 Å². The van der Waals surface area contributed by atoms with Crippen LogP contribution < -0.4 is 5.32 Å². The van der Waals surface area contributed by atoms with E-state index >= 15 is 0 Å². The van der Waals surface area contributed by atoms with E-state index < -0.39 is 0 Å². The summed E-state index contributed by atoms with van der Waals surface area (Å²) in [5.74, 6) is 0.609. The van der Waals surface area contributed by atoms with E-state index in [1.54, 1.807) is 6.07 Å². The Morgan fingerprint density at radius 2 is 1.82 bits per heavy atom. The summed E-state index contributed by atoms with van der Waals surface area (Å²) in [5, 5.41) is 3.04. The summed E-state index contributed by atoms with van der Waals surface area (Å²) >= 11 is 0. The number of fused-ring (bicyclic) bond motifs is 1. The molecule has 1 aromatic heterocycles. The first-order chi connectivity index (χ1) is 13.8. The van der Waals surface area contributed by atoms with Gasteiger partial charge in [0.25, 0.3) is 5.91 Å². The van der Waals surface area contributed by atoms with Gasteiger partial charge in [-0.3, -0.25) is 4.79 Å². The van der Waals surface area contributed by atoms with Crippen LogP contribution in [0.2, 0.25) is 0 Å². The topological polar surface area (TPSA) is 58.4 Å². The molecule has 0 unspecified atom stereocenters. The number of benzene rings is 2. The van der Waals surface area contributed by atoms with Gasteiger partial charge in [-0.15, -0.1) is 0 Å². The molecule has 1 N–H and O–H groups in total. The van der Waals surface area contributed by atoms with Crippen LogP contribution in [0.4, 0.5) is 0 Å². The molecule has 5 heteroatoms. The first-order valence-electron chi connectivity index (χ1n) is 10.2. The molecule has 1 fully saturated rings.